The zero-order chi connectivity index (χ0) is 14.1. The summed E-state index contributed by atoms with van der Waals surface area (Å²) in [5.74, 6) is -0.00121. The quantitative estimate of drug-likeness (QED) is 0.900. The van der Waals surface area contributed by atoms with E-state index < -0.39 is 5.97 Å². The van der Waals surface area contributed by atoms with Crippen LogP contribution in [0.1, 0.15) is 34.8 Å². The van der Waals surface area contributed by atoms with Gasteiger partial charge in [0.05, 0.1) is 18.4 Å². The van der Waals surface area contributed by atoms with Crippen molar-refractivity contribution in [3.8, 4) is 17.4 Å². The van der Waals surface area contributed by atoms with Gasteiger partial charge in [-0.1, -0.05) is 0 Å². The molecule has 1 aliphatic carbocycles. The molecule has 0 spiro atoms. The van der Waals surface area contributed by atoms with Gasteiger partial charge < -0.3 is 9.84 Å². The molecule has 0 aliphatic heterocycles. The van der Waals surface area contributed by atoms with Gasteiger partial charge in [0.1, 0.15) is 5.69 Å². The number of nitrogens with zero attached hydrogens (tertiary/aromatic N) is 4. The minimum absolute atomic E-state index is 0.165. The lowest BCUT2D eigenvalue weighted by Crippen LogP contribution is -2.07. The number of aromatic nitrogens is 4. The number of carboxylic acid groups (broad SMARTS) is 1. The van der Waals surface area contributed by atoms with Gasteiger partial charge >= 0.3 is 5.97 Å². The Morgan fingerprint density at radius 3 is 2.70 bits per heavy atom. The summed E-state index contributed by atoms with van der Waals surface area (Å²) in [5.41, 5.74) is 1.24. The summed E-state index contributed by atoms with van der Waals surface area (Å²) in [4.78, 5) is 19.6. The molecule has 0 bridgehead atoms. The number of hydrogen-bond acceptors (Lipinski definition) is 6. The predicted octanol–water partition coefficient (Wildman–Crippen LogP) is 1.52. The Bertz CT molecular complexity index is 653. The average Bonchev–Trinajstić information content (AvgIpc) is 3.31. The molecule has 2 aromatic rings. The number of hydrogen-bond donors (Lipinski definition) is 1. The van der Waals surface area contributed by atoms with Gasteiger partial charge in [-0.2, -0.15) is 0 Å². The molecule has 3 rings (SSSR count). The molecule has 102 valence electrons. The van der Waals surface area contributed by atoms with Crippen molar-refractivity contribution in [3.63, 3.8) is 0 Å². The van der Waals surface area contributed by atoms with Crippen molar-refractivity contribution < 1.29 is 14.6 Å². The zero-order valence-electron chi connectivity index (χ0n) is 10.8. The third-order valence-corrected chi connectivity index (χ3v) is 3.09. The minimum atomic E-state index is -1.00. The maximum atomic E-state index is 11.2. The van der Waals surface area contributed by atoms with Crippen LogP contribution in [0.5, 0.6) is 5.88 Å². The van der Waals surface area contributed by atoms with E-state index in [0.717, 1.165) is 12.8 Å². The third kappa shape index (κ3) is 2.29. The molecule has 7 heteroatoms. The highest BCUT2D eigenvalue weighted by Gasteiger charge is 2.30. The molecule has 0 aromatic carbocycles. The van der Waals surface area contributed by atoms with Gasteiger partial charge in [-0.3, -0.25) is 0 Å². The van der Waals surface area contributed by atoms with E-state index in [9.17, 15) is 4.79 Å². The fourth-order valence-electron chi connectivity index (χ4n) is 1.90. The molecule has 0 amide bonds. The van der Waals surface area contributed by atoms with Crippen LogP contribution in [0.15, 0.2) is 18.3 Å². The summed E-state index contributed by atoms with van der Waals surface area (Å²) < 4.78 is 4.94. The van der Waals surface area contributed by atoms with Crippen molar-refractivity contribution in [2.24, 2.45) is 0 Å². The summed E-state index contributed by atoms with van der Waals surface area (Å²) in [6.45, 7) is 0. The maximum Gasteiger partial charge on any atom is 0.339 e. The first-order valence-corrected chi connectivity index (χ1v) is 6.17. The van der Waals surface area contributed by atoms with Crippen LogP contribution in [-0.4, -0.2) is 38.4 Å². The lowest BCUT2D eigenvalue weighted by molar-refractivity contribution is 0.0694. The van der Waals surface area contributed by atoms with Crippen molar-refractivity contribution in [3.05, 3.63) is 29.6 Å². The standard InChI is InChI=1S/C13H12N4O3/c1-20-10-5-4-9(16-17-10)12-14-6-8(13(18)19)11(15-12)7-2-3-7/h4-7H,2-3H2,1H3,(H,18,19). The second kappa shape index (κ2) is 4.84. The molecule has 2 aromatic heterocycles. The third-order valence-electron chi connectivity index (χ3n) is 3.09. The molecule has 20 heavy (non-hydrogen) atoms. The Morgan fingerprint density at radius 1 is 1.35 bits per heavy atom. The van der Waals surface area contributed by atoms with Crippen LogP contribution in [0.2, 0.25) is 0 Å². The van der Waals surface area contributed by atoms with Gasteiger partial charge in [0.2, 0.25) is 5.88 Å². The second-order valence-corrected chi connectivity index (χ2v) is 4.53. The van der Waals surface area contributed by atoms with E-state index in [-0.39, 0.29) is 11.5 Å². The summed E-state index contributed by atoms with van der Waals surface area (Å²) in [7, 11) is 1.51. The fourth-order valence-corrected chi connectivity index (χ4v) is 1.90. The van der Waals surface area contributed by atoms with Crippen LogP contribution in [0.25, 0.3) is 11.5 Å². The van der Waals surface area contributed by atoms with Crippen molar-refractivity contribution in [2.45, 2.75) is 18.8 Å². The highest BCUT2D eigenvalue weighted by atomic mass is 16.5. The van der Waals surface area contributed by atoms with Crippen LogP contribution in [0.3, 0.4) is 0 Å². The summed E-state index contributed by atoms with van der Waals surface area (Å²) in [6.07, 6.45) is 3.26. The first kappa shape index (κ1) is 12.5. The van der Waals surface area contributed by atoms with Crippen molar-refractivity contribution in [2.75, 3.05) is 7.11 Å². The predicted molar refractivity (Wildman–Crippen MR) is 68.5 cm³/mol. The molecule has 1 aliphatic rings. The lowest BCUT2D eigenvalue weighted by Gasteiger charge is -2.06. The van der Waals surface area contributed by atoms with E-state index in [2.05, 4.69) is 20.2 Å². The van der Waals surface area contributed by atoms with Crippen LogP contribution in [0, 0.1) is 0 Å². The van der Waals surface area contributed by atoms with E-state index in [0.29, 0.717) is 23.1 Å². The van der Waals surface area contributed by atoms with Crippen molar-refractivity contribution in [1.82, 2.24) is 20.2 Å². The highest BCUT2D eigenvalue weighted by molar-refractivity contribution is 5.89. The van der Waals surface area contributed by atoms with E-state index in [1.165, 1.54) is 13.3 Å². The topological polar surface area (TPSA) is 98.1 Å². The van der Waals surface area contributed by atoms with Crippen LogP contribution < -0.4 is 4.74 Å². The Labute approximate surface area is 114 Å². The Balaban J connectivity index is 2.01. The monoisotopic (exact) mass is 272 g/mol. The Kier molecular flexibility index (Phi) is 3.02. The van der Waals surface area contributed by atoms with Crippen LogP contribution in [0.4, 0.5) is 0 Å². The number of ether oxygens (including phenoxy) is 1. The van der Waals surface area contributed by atoms with Gasteiger partial charge in [0, 0.05) is 18.2 Å². The van der Waals surface area contributed by atoms with Gasteiger partial charge in [0.15, 0.2) is 5.82 Å². The van der Waals surface area contributed by atoms with E-state index in [4.69, 9.17) is 9.84 Å². The maximum absolute atomic E-state index is 11.2. The first-order valence-electron chi connectivity index (χ1n) is 6.17. The normalized spacial score (nSPS) is 14.1. The molecule has 0 atom stereocenters. The van der Waals surface area contributed by atoms with E-state index in [1.807, 2.05) is 0 Å². The molecule has 0 unspecified atom stereocenters. The molecule has 1 N–H and O–H groups in total. The lowest BCUT2D eigenvalue weighted by atomic mass is 10.1. The smallest absolute Gasteiger partial charge is 0.339 e. The first-order chi connectivity index (χ1) is 9.69. The molecule has 2 heterocycles. The fraction of sp³-hybridized carbons (Fsp3) is 0.308. The average molecular weight is 272 g/mol. The molecule has 7 nitrogen and oxygen atoms in total. The second-order valence-electron chi connectivity index (χ2n) is 4.53. The Hall–Kier alpha value is -2.57. The van der Waals surface area contributed by atoms with E-state index in [1.54, 1.807) is 12.1 Å². The highest BCUT2D eigenvalue weighted by Crippen LogP contribution is 2.40. The van der Waals surface area contributed by atoms with Crippen LogP contribution in [-0.2, 0) is 0 Å². The summed E-state index contributed by atoms with van der Waals surface area (Å²) in [6, 6.07) is 3.35. The number of carbonyl (C=O) groups is 1. The molecular formula is C13H12N4O3. The largest absolute Gasteiger partial charge is 0.480 e. The number of rotatable bonds is 4. The van der Waals surface area contributed by atoms with Gasteiger partial charge in [-0.15, -0.1) is 10.2 Å². The molecule has 1 fully saturated rings. The van der Waals surface area contributed by atoms with Crippen molar-refractivity contribution >= 4 is 5.97 Å². The SMILES string of the molecule is COc1ccc(-c2ncc(C(=O)O)c(C3CC3)n2)nn1. The molecule has 0 radical (unpaired) electrons. The molecule has 0 saturated heterocycles. The summed E-state index contributed by atoms with van der Waals surface area (Å²) in [5, 5.41) is 17.0. The number of aromatic carboxylic acids is 1. The number of carboxylic acids is 1. The van der Waals surface area contributed by atoms with Gasteiger partial charge in [0.25, 0.3) is 0 Å². The molecule has 1 saturated carbocycles. The Morgan fingerprint density at radius 2 is 2.15 bits per heavy atom. The van der Waals surface area contributed by atoms with Gasteiger partial charge in [-0.05, 0) is 18.9 Å². The van der Waals surface area contributed by atoms with Gasteiger partial charge in [-0.25, -0.2) is 14.8 Å². The van der Waals surface area contributed by atoms with Crippen molar-refractivity contribution in [1.29, 1.82) is 0 Å². The summed E-state index contributed by atoms with van der Waals surface area (Å²) >= 11 is 0. The van der Waals surface area contributed by atoms with Crippen LogP contribution >= 0.6 is 0 Å². The number of methoxy groups -OCH3 is 1. The molecular weight excluding hydrogens is 260 g/mol. The minimum Gasteiger partial charge on any atom is -0.480 e. The zero-order valence-corrected chi connectivity index (χ0v) is 10.8. The van der Waals surface area contributed by atoms with E-state index >= 15 is 0 Å².